The molecule has 0 saturated heterocycles. The number of benzene rings is 1. The highest BCUT2D eigenvalue weighted by atomic mass is 16.5. The Hall–Kier alpha value is -1.06. The lowest BCUT2D eigenvalue weighted by atomic mass is 9.99. The van der Waals surface area contributed by atoms with E-state index in [9.17, 15) is 5.11 Å². The zero-order chi connectivity index (χ0) is 13.7. The highest BCUT2D eigenvalue weighted by molar-refractivity contribution is 5.28. The molecule has 0 amide bonds. The molecule has 0 bridgehead atoms. The summed E-state index contributed by atoms with van der Waals surface area (Å²) < 4.78 is 5.74. The van der Waals surface area contributed by atoms with Crippen LogP contribution >= 0.6 is 0 Å². The van der Waals surface area contributed by atoms with Gasteiger partial charge in [0, 0.05) is 12.6 Å². The third kappa shape index (κ3) is 4.51. The first-order valence-corrected chi connectivity index (χ1v) is 7.32. The molecule has 0 aromatic heterocycles. The molecule has 1 aliphatic rings. The van der Waals surface area contributed by atoms with Gasteiger partial charge in [0.1, 0.15) is 12.4 Å². The summed E-state index contributed by atoms with van der Waals surface area (Å²) in [6.45, 7) is 5.23. The summed E-state index contributed by atoms with van der Waals surface area (Å²) in [4.78, 5) is 0. The topological polar surface area (TPSA) is 41.5 Å². The van der Waals surface area contributed by atoms with Crippen LogP contribution in [-0.4, -0.2) is 23.4 Å². The van der Waals surface area contributed by atoms with Crippen molar-refractivity contribution < 1.29 is 9.84 Å². The predicted octanol–water partition coefficient (Wildman–Crippen LogP) is 2.87. The zero-order valence-electron chi connectivity index (χ0n) is 12.0. The second-order valence-electron chi connectivity index (χ2n) is 5.52. The van der Waals surface area contributed by atoms with Gasteiger partial charge >= 0.3 is 0 Å². The second-order valence-corrected chi connectivity index (χ2v) is 5.52. The summed E-state index contributed by atoms with van der Waals surface area (Å²) in [5.74, 6) is 0.843. The molecule has 0 spiro atoms. The number of rotatable bonds is 8. The molecule has 0 unspecified atom stereocenters. The van der Waals surface area contributed by atoms with Gasteiger partial charge in [-0.15, -0.1) is 0 Å². The third-order valence-corrected chi connectivity index (χ3v) is 3.89. The smallest absolute Gasteiger partial charge is 0.119 e. The first-order chi connectivity index (χ1) is 9.15. The van der Waals surface area contributed by atoms with E-state index in [1.807, 2.05) is 26.0 Å². The molecule has 0 heterocycles. The van der Waals surface area contributed by atoms with Crippen molar-refractivity contribution >= 4 is 0 Å². The quantitative estimate of drug-likeness (QED) is 0.758. The molecule has 0 aliphatic heterocycles. The van der Waals surface area contributed by atoms with E-state index in [4.69, 9.17) is 4.74 Å². The van der Waals surface area contributed by atoms with E-state index in [0.29, 0.717) is 19.4 Å². The van der Waals surface area contributed by atoms with Crippen LogP contribution in [0.1, 0.15) is 45.1 Å². The summed E-state index contributed by atoms with van der Waals surface area (Å²) in [5.41, 5.74) is 0.531. The lowest BCUT2D eigenvalue weighted by Crippen LogP contribution is -2.34. The minimum Gasteiger partial charge on any atom is -0.491 e. The number of ether oxygens (including phenoxy) is 1. The Morgan fingerprint density at radius 2 is 2.05 bits per heavy atom. The van der Waals surface area contributed by atoms with E-state index < -0.39 is 5.60 Å². The Kier molecular flexibility index (Phi) is 4.83. The average molecular weight is 263 g/mol. The molecule has 1 aromatic rings. The summed E-state index contributed by atoms with van der Waals surface area (Å²) in [5, 5.41) is 13.7. The minimum atomic E-state index is -0.706. The number of aliphatic hydroxyl groups is 1. The van der Waals surface area contributed by atoms with Crippen LogP contribution in [0.25, 0.3) is 0 Å². The third-order valence-electron chi connectivity index (χ3n) is 3.89. The molecule has 19 heavy (non-hydrogen) atoms. The maximum atomic E-state index is 10.2. The summed E-state index contributed by atoms with van der Waals surface area (Å²) >= 11 is 0. The van der Waals surface area contributed by atoms with Crippen molar-refractivity contribution in [2.45, 2.75) is 57.7 Å². The van der Waals surface area contributed by atoms with Crippen LogP contribution in [0.2, 0.25) is 0 Å². The molecular formula is C16H25NO2. The Balaban J connectivity index is 1.86. The Bertz CT molecular complexity index is 397. The molecule has 106 valence electrons. The van der Waals surface area contributed by atoms with Gasteiger partial charge in [0.15, 0.2) is 0 Å². The lowest BCUT2D eigenvalue weighted by molar-refractivity contribution is -0.0113. The average Bonchev–Trinajstić information content (AvgIpc) is 3.27. The second kappa shape index (κ2) is 6.40. The van der Waals surface area contributed by atoms with E-state index in [-0.39, 0.29) is 0 Å². The minimum absolute atomic E-state index is 0.361. The van der Waals surface area contributed by atoms with Crippen molar-refractivity contribution in [2.75, 3.05) is 6.61 Å². The fraction of sp³-hybridized carbons (Fsp3) is 0.625. The van der Waals surface area contributed by atoms with Gasteiger partial charge in [-0.25, -0.2) is 0 Å². The summed E-state index contributed by atoms with van der Waals surface area (Å²) in [6.07, 6.45) is 4.03. The van der Waals surface area contributed by atoms with Crippen LogP contribution in [0.3, 0.4) is 0 Å². The fourth-order valence-corrected chi connectivity index (χ4v) is 1.97. The fourth-order valence-electron chi connectivity index (χ4n) is 1.97. The first-order valence-electron chi connectivity index (χ1n) is 7.32. The molecule has 1 saturated carbocycles. The molecule has 1 aliphatic carbocycles. The number of hydrogen-bond acceptors (Lipinski definition) is 3. The first kappa shape index (κ1) is 14.4. The van der Waals surface area contributed by atoms with E-state index in [0.717, 1.165) is 18.3 Å². The maximum Gasteiger partial charge on any atom is 0.119 e. The number of nitrogens with one attached hydrogen (secondary N) is 1. The monoisotopic (exact) mass is 263 g/mol. The van der Waals surface area contributed by atoms with Crippen LogP contribution in [-0.2, 0) is 6.54 Å². The molecule has 2 rings (SSSR count). The highest BCUT2D eigenvalue weighted by Crippen LogP contribution is 2.21. The van der Waals surface area contributed by atoms with Crippen LogP contribution in [0.15, 0.2) is 24.3 Å². The Morgan fingerprint density at radius 1 is 1.32 bits per heavy atom. The predicted molar refractivity (Wildman–Crippen MR) is 77.3 cm³/mol. The summed E-state index contributed by atoms with van der Waals surface area (Å²) in [7, 11) is 0. The molecule has 1 aromatic carbocycles. The van der Waals surface area contributed by atoms with Crippen LogP contribution in [0, 0.1) is 0 Å². The lowest BCUT2D eigenvalue weighted by Gasteiger charge is -2.25. The molecular weight excluding hydrogens is 238 g/mol. The number of hydrogen-bond donors (Lipinski definition) is 2. The van der Waals surface area contributed by atoms with Crippen LogP contribution < -0.4 is 10.1 Å². The van der Waals surface area contributed by atoms with Gasteiger partial charge in [0.2, 0.25) is 0 Å². The molecule has 2 N–H and O–H groups in total. The van der Waals surface area contributed by atoms with E-state index in [2.05, 4.69) is 17.4 Å². The Labute approximate surface area is 116 Å². The largest absolute Gasteiger partial charge is 0.491 e. The van der Waals surface area contributed by atoms with Gasteiger partial charge in [-0.3, -0.25) is 0 Å². The highest BCUT2D eigenvalue weighted by Gasteiger charge is 2.23. The molecule has 3 nitrogen and oxygen atoms in total. The Morgan fingerprint density at radius 3 is 2.68 bits per heavy atom. The summed E-state index contributed by atoms with van der Waals surface area (Å²) in [6, 6.07) is 8.84. The molecule has 1 fully saturated rings. The van der Waals surface area contributed by atoms with Gasteiger partial charge < -0.3 is 15.2 Å². The normalized spacial score (nSPS) is 15.5. The van der Waals surface area contributed by atoms with Crippen LogP contribution in [0.4, 0.5) is 0 Å². The maximum absolute atomic E-state index is 10.2. The van der Waals surface area contributed by atoms with Gasteiger partial charge in [0.25, 0.3) is 0 Å². The molecule has 3 heteroatoms. The van der Waals surface area contributed by atoms with Crippen molar-refractivity contribution in [1.82, 2.24) is 5.32 Å². The van der Waals surface area contributed by atoms with Gasteiger partial charge in [-0.2, -0.15) is 0 Å². The van der Waals surface area contributed by atoms with Crippen molar-refractivity contribution in [1.29, 1.82) is 0 Å². The van der Waals surface area contributed by atoms with Crippen LogP contribution in [0.5, 0.6) is 5.75 Å². The molecule has 0 radical (unpaired) electrons. The SMILES string of the molecule is CCC(O)(CC)COc1cccc(CNC2CC2)c1. The van der Waals surface area contributed by atoms with Gasteiger partial charge in [-0.1, -0.05) is 26.0 Å². The van der Waals surface area contributed by atoms with E-state index in [1.165, 1.54) is 18.4 Å². The van der Waals surface area contributed by atoms with Crippen molar-refractivity contribution in [3.63, 3.8) is 0 Å². The van der Waals surface area contributed by atoms with E-state index in [1.54, 1.807) is 0 Å². The van der Waals surface area contributed by atoms with Gasteiger partial charge in [0.05, 0.1) is 5.60 Å². The van der Waals surface area contributed by atoms with E-state index >= 15 is 0 Å². The van der Waals surface area contributed by atoms with Crippen molar-refractivity contribution in [3.8, 4) is 5.75 Å². The van der Waals surface area contributed by atoms with Crippen molar-refractivity contribution in [2.24, 2.45) is 0 Å². The van der Waals surface area contributed by atoms with Crippen molar-refractivity contribution in [3.05, 3.63) is 29.8 Å². The van der Waals surface area contributed by atoms with Gasteiger partial charge in [-0.05, 0) is 43.4 Å². The molecule has 0 atom stereocenters. The standard InChI is InChI=1S/C16H25NO2/c1-3-16(18,4-2)12-19-15-7-5-6-13(10-15)11-17-14-8-9-14/h5-7,10,14,17-18H,3-4,8-9,11-12H2,1-2H3. The zero-order valence-corrected chi connectivity index (χ0v) is 12.0.